The smallest absolute Gasteiger partial charge is 0.417 e. The van der Waals surface area contributed by atoms with E-state index in [4.69, 9.17) is 4.74 Å². The van der Waals surface area contributed by atoms with E-state index in [2.05, 4.69) is 5.10 Å². The predicted molar refractivity (Wildman–Crippen MR) is 123 cm³/mol. The molecule has 1 aliphatic rings. The van der Waals surface area contributed by atoms with Gasteiger partial charge in [0.25, 0.3) is 0 Å². The monoisotopic (exact) mass is 507 g/mol. The molecule has 3 aromatic rings. The molecule has 2 atom stereocenters. The second-order valence-corrected chi connectivity index (χ2v) is 10.6. The Kier molecular flexibility index (Phi) is 6.63. The fourth-order valence-corrected chi connectivity index (χ4v) is 6.31. The van der Waals surface area contributed by atoms with Crippen LogP contribution in [0.2, 0.25) is 0 Å². The van der Waals surface area contributed by atoms with Gasteiger partial charge in [-0.25, -0.2) is 17.9 Å². The molecular weight excluding hydrogens is 483 g/mol. The lowest BCUT2D eigenvalue weighted by molar-refractivity contribution is -0.142. The van der Waals surface area contributed by atoms with Crippen molar-refractivity contribution in [1.29, 1.82) is 0 Å². The van der Waals surface area contributed by atoms with Crippen molar-refractivity contribution < 1.29 is 31.1 Å². The van der Waals surface area contributed by atoms with Gasteiger partial charge in [0.05, 0.1) is 35.1 Å². The molecule has 0 aliphatic carbocycles. The SMILES string of the molecule is COC(=O)C1C[C@@H](S(=O)(=O)c2ccccc2C(F)(F)F)CN1c1cc(C)nn1Cc1ccccc1. The number of anilines is 1. The van der Waals surface area contributed by atoms with Crippen LogP contribution in [0.3, 0.4) is 0 Å². The lowest BCUT2D eigenvalue weighted by Gasteiger charge is -2.25. The molecule has 2 aromatic carbocycles. The van der Waals surface area contributed by atoms with Crippen molar-refractivity contribution in [3.8, 4) is 0 Å². The average molecular weight is 508 g/mol. The van der Waals surface area contributed by atoms with Crippen molar-refractivity contribution in [3.05, 3.63) is 77.5 Å². The summed E-state index contributed by atoms with van der Waals surface area (Å²) in [7, 11) is -3.24. The van der Waals surface area contributed by atoms with Gasteiger partial charge in [-0.05, 0) is 31.0 Å². The minimum absolute atomic E-state index is 0.186. The highest BCUT2D eigenvalue weighted by Crippen LogP contribution is 2.38. The van der Waals surface area contributed by atoms with Crippen LogP contribution in [-0.4, -0.2) is 49.1 Å². The molecule has 1 unspecified atom stereocenters. The Morgan fingerprint density at radius 3 is 2.43 bits per heavy atom. The Balaban J connectivity index is 1.73. The Morgan fingerprint density at radius 2 is 1.77 bits per heavy atom. The van der Waals surface area contributed by atoms with Crippen LogP contribution in [0, 0.1) is 6.92 Å². The number of halogens is 3. The molecule has 1 fully saturated rings. The van der Waals surface area contributed by atoms with Gasteiger partial charge in [-0.3, -0.25) is 0 Å². The zero-order valence-corrected chi connectivity index (χ0v) is 19.9. The quantitative estimate of drug-likeness (QED) is 0.472. The van der Waals surface area contributed by atoms with Crippen molar-refractivity contribution in [2.45, 2.75) is 42.3 Å². The Hall–Kier alpha value is -3.34. The zero-order chi connectivity index (χ0) is 25.4. The van der Waals surface area contributed by atoms with Gasteiger partial charge < -0.3 is 9.64 Å². The van der Waals surface area contributed by atoms with Crippen molar-refractivity contribution >= 4 is 21.6 Å². The van der Waals surface area contributed by atoms with Gasteiger partial charge in [0.2, 0.25) is 0 Å². The van der Waals surface area contributed by atoms with E-state index in [0.29, 0.717) is 18.1 Å². The molecule has 0 radical (unpaired) electrons. The molecule has 1 saturated heterocycles. The van der Waals surface area contributed by atoms with Gasteiger partial charge in [-0.2, -0.15) is 18.3 Å². The second kappa shape index (κ2) is 9.37. The lowest BCUT2D eigenvalue weighted by atomic mass is 10.2. The summed E-state index contributed by atoms with van der Waals surface area (Å²) in [5.41, 5.74) is 0.361. The van der Waals surface area contributed by atoms with Gasteiger partial charge in [0.15, 0.2) is 9.84 Å². The maximum Gasteiger partial charge on any atom is 0.417 e. The van der Waals surface area contributed by atoms with Crippen LogP contribution in [0.4, 0.5) is 19.0 Å². The molecule has 35 heavy (non-hydrogen) atoms. The zero-order valence-electron chi connectivity index (χ0n) is 19.1. The third-order valence-corrected chi connectivity index (χ3v) is 8.21. The fraction of sp³-hybridized carbons (Fsp3) is 0.333. The number of benzene rings is 2. The number of hydrogen-bond donors (Lipinski definition) is 0. The van der Waals surface area contributed by atoms with Gasteiger partial charge >= 0.3 is 12.1 Å². The third-order valence-electron chi connectivity index (χ3n) is 6.02. The summed E-state index contributed by atoms with van der Waals surface area (Å²) in [5, 5.41) is 3.23. The number of nitrogens with zero attached hydrogens (tertiary/aromatic N) is 3. The third kappa shape index (κ3) is 4.90. The molecular formula is C24H24F3N3O4S. The van der Waals surface area contributed by atoms with Crippen molar-refractivity contribution in [3.63, 3.8) is 0 Å². The van der Waals surface area contributed by atoms with Crippen LogP contribution in [0.15, 0.2) is 65.6 Å². The minimum Gasteiger partial charge on any atom is -0.467 e. The van der Waals surface area contributed by atoms with Gasteiger partial charge in [-0.1, -0.05) is 42.5 Å². The molecule has 0 saturated carbocycles. The summed E-state index contributed by atoms with van der Waals surface area (Å²) < 4.78 is 74.1. The van der Waals surface area contributed by atoms with Crippen LogP contribution in [-0.2, 0) is 32.1 Å². The Bertz CT molecular complexity index is 1320. The highest BCUT2D eigenvalue weighted by molar-refractivity contribution is 7.92. The van der Waals surface area contributed by atoms with Gasteiger partial charge in [0, 0.05) is 12.6 Å². The standard InChI is InChI=1S/C24H24F3N3O4S/c1-16-12-22(30(28-16)14-17-8-4-3-5-9-17)29-15-18(13-20(29)23(31)34-2)35(32,33)21-11-7-6-10-19(21)24(25,26)27/h3-12,18,20H,13-15H2,1-2H3/t18-,20?/m1/s1. The Labute approximate surface area is 201 Å². The number of ether oxygens (including phenoxy) is 1. The van der Waals surface area contributed by atoms with E-state index in [1.165, 1.54) is 13.2 Å². The van der Waals surface area contributed by atoms with Crippen molar-refractivity contribution in [2.75, 3.05) is 18.6 Å². The minimum atomic E-state index is -4.84. The number of carbonyl (C=O) groups is 1. The summed E-state index contributed by atoms with van der Waals surface area (Å²) >= 11 is 0. The molecule has 0 N–H and O–H groups in total. The number of methoxy groups -OCH3 is 1. The first kappa shape index (κ1) is 24.8. The largest absolute Gasteiger partial charge is 0.467 e. The first-order valence-electron chi connectivity index (χ1n) is 10.9. The predicted octanol–water partition coefficient (Wildman–Crippen LogP) is 3.85. The topological polar surface area (TPSA) is 81.5 Å². The summed E-state index contributed by atoms with van der Waals surface area (Å²) in [6, 6.07) is 14.3. The molecule has 1 aromatic heterocycles. The van der Waals surface area contributed by atoms with Crippen molar-refractivity contribution in [1.82, 2.24) is 9.78 Å². The summed E-state index contributed by atoms with van der Waals surface area (Å²) in [4.78, 5) is 13.4. The number of esters is 1. The Morgan fingerprint density at radius 1 is 1.11 bits per heavy atom. The normalized spacial score (nSPS) is 18.6. The van der Waals surface area contributed by atoms with Gasteiger partial charge in [-0.15, -0.1) is 0 Å². The number of rotatable bonds is 6. The molecule has 2 heterocycles. The average Bonchev–Trinajstić information content (AvgIpc) is 3.42. The van der Waals surface area contributed by atoms with E-state index < -0.39 is 43.7 Å². The molecule has 1 aliphatic heterocycles. The van der Waals surface area contributed by atoms with Crippen LogP contribution in [0.5, 0.6) is 0 Å². The molecule has 7 nitrogen and oxygen atoms in total. The molecule has 4 rings (SSSR count). The number of hydrogen-bond acceptors (Lipinski definition) is 6. The van der Waals surface area contributed by atoms with E-state index in [1.54, 1.807) is 22.6 Å². The number of aromatic nitrogens is 2. The molecule has 11 heteroatoms. The highest BCUT2D eigenvalue weighted by atomic mass is 32.2. The number of sulfone groups is 1. The van der Waals surface area contributed by atoms with E-state index in [9.17, 15) is 26.4 Å². The van der Waals surface area contributed by atoms with Crippen LogP contribution in [0.1, 0.15) is 23.2 Å². The van der Waals surface area contributed by atoms with E-state index in [1.807, 2.05) is 30.3 Å². The fourth-order valence-electron chi connectivity index (χ4n) is 4.40. The van der Waals surface area contributed by atoms with E-state index >= 15 is 0 Å². The number of alkyl halides is 3. The number of aryl methyl sites for hydroxylation is 1. The highest BCUT2D eigenvalue weighted by Gasteiger charge is 2.47. The van der Waals surface area contributed by atoms with Crippen molar-refractivity contribution in [2.24, 2.45) is 0 Å². The van der Waals surface area contributed by atoms with E-state index in [0.717, 1.165) is 23.8 Å². The maximum atomic E-state index is 13.6. The summed E-state index contributed by atoms with van der Waals surface area (Å²) in [6.45, 7) is 1.94. The summed E-state index contributed by atoms with van der Waals surface area (Å²) in [5.74, 6) is -0.180. The maximum absolute atomic E-state index is 13.6. The summed E-state index contributed by atoms with van der Waals surface area (Å²) in [6.07, 6.45) is -5.05. The van der Waals surface area contributed by atoms with Crippen LogP contribution < -0.4 is 4.90 Å². The molecule has 0 amide bonds. The molecule has 0 spiro atoms. The first-order valence-corrected chi connectivity index (χ1v) is 12.4. The second-order valence-electron chi connectivity index (χ2n) is 8.38. The lowest BCUT2D eigenvalue weighted by Crippen LogP contribution is -2.38. The van der Waals surface area contributed by atoms with Crippen LogP contribution in [0.25, 0.3) is 0 Å². The van der Waals surface area contributed by atoms with Crippen LogP contribution >= 0.6 is 0 Å². The van der Waals surface area contributed by atoms with Gasteiger partial charge in [0.1, 0.15) is 11.9 Å². The van der Waals surface area contributed by atoms with E-state index in [-0.39, 0.29) is 13.0 Å². The molecule has 186 valence electrons. The number of carbonyl (C=O) groups excluding carboxylic acids is 1. The first-order chi connectivity index (χ1) is 16.5. The molecule has 0 bridgehead atoms.